The van der Waals surface area contributed by atoms with E-state index in [0.29, 0.717) is 30.2 Å². The van der Waals surface area contributed by atoms with E-state index in [9.17, 15) is 4.79 Å². The Kier molecular flexibility index (Phi) is 11.7. The molecule has 0 atom stereocenters. The van der Waals surface area contributed by atoms with Gasteiger partial charge < -0.3 is 36.3 Å². The number of nitrogens with zero attached hydrogens (tertiary/aromatic N) is 6. The number of hydrogen-bond acceptors (Lipinski definition) is 6. The van der Waals surface area contributed by atoms with Crippen LogP contribution in [0.5, 0.6) is 0 Å². The largest absolute Gasteiger partial charge is 2.00 e. The molecule has 3 rings (SSSR count). The van der Waals surface area contributed by atoms with E-state index in [1.54, 1.807) is 20.2 Å². The summed E-state index contributed by atoms with van der Waals surface area (Å²) in [4.78, 5) is 25.0. The number of aliphatic imine (C=N–C) groups is 1. The van der Waals surface area contributed by atoms with Crippen LogP contribution in [0.1, 0.15) is 16.8 Å². The molecule has 1 aromatic heterocycles. The van der Waals surface area contributed by atoms with Crippen LogP contribution in [-0.2, 0) is 0 Å². The van der Waals surface area contributed by atoms with Crippen LogP contribution in [-0.4, -0.2) is 75.0 Å². The molecular weight excluding hydrogens is 606 g/mol. The van der Waals surface area contributed by atoms with Crippen LogP contribution in [0.4, 0.5) is 17.3 Å². The Hall–Kier alpha value is -1.86. The minimum absolute atomic E-state index is 0. The van der Waals surface area contributed by atoms with E-state index in [-0.39, 0.29) is 37.0 Å². The summed E-state index contributed by atoms with van der Waals surface area (Å²) in [7, 11) is 3.50. The molecule has 3 N–H and O–H groups in total. The maximum Gasteiger partial charge on any atom is 2.00 e. The van der Waals surface area contributed by atoms with Gasteiger partial charge in [-0.05, 0) is 25.1 Å². The molecule has 1 amide bonds. The van der Waals surface area contributed by atoms with Gasteiger partial charge in [-0.2, -0.15) is 14.1 Å². The number of nitrogens with two attached hydrogens (primary N) is 1. The van der Waals surface area contributed by atoms with Crippen molar-refractivity contribution >= 4 is 29.1 Å². The number of amides is 1. The molecule has 160 valence electrons. The van der Waals surface area contributed by atoms with Crippen LogP contribution >= 0.6 is 0 Å². The Morgan fingerprint density at radius 3 is 2.57 bits per heavy atom. The predicted octanol–water partition coefficient (Wildman–Crippen LogP) is 2.47. The minimum atomic E-state index is -0.213. The SMILES string of the molecule is C=CN=C(C=C)N1CCN(c2cc3c(c(NCCCN)n2)C(=O)[N-]3)CC1.C[N-]C.[U+2]. The van der Waals surface area contributed by atoms with Gasteiger partial charge in [0.15, 0.2) is 0 Å². The second-order valence-electron chi connectivity index (χ2n) is 6.50. The third-order valence-corrected chi connectivity index (χ3v) is 4.43. The fourth-order valence-corrected chi connectivity index (χ4v) is 3.05. The van der Waals surface area contributed by atoms with Gasteiger partial charge in [-0.25, -0.2) is 9.98 Å². The zero-order chi connectivity index (χ0) is 21.2. The molecule has 10 heteroatoms. The van der Waals surface area contributed by atoms with E-state index < -0.39 is 0 Å². The van der Waals surface area contributed by atoms with Crippen molar-refractivity contribution in [2.45, 2.75) is 6.42 Å². The molecule has 0 bridgehead atoms. The van der Waals surface area contributed by atoms with Crippen LogP contribution in [0.3, 0.4) is 0 Å². The average molecular weight is 637 g/mol. The first-order valence-electron chi connectivity index (χ1n) is 9.63. The average Bonchev–Trinajstić information content (AvgIpc) is 2.71. The number of amidine groups is 1. The van der Waals surface area contributed by atoms with Gasteiger partial charge in [-0.15, -0.1) is 5.69 Å². The van der Waals surface area contributed by atoms with E-state index in [4.69, 9.17) is 5.73 Å². The number of aromatic nitrogens is 1. The van der Waals surface area contributed by atoms with Gasteiger partial charge in [0, 0.05) is 44.5 Å². The zero-order valence-electron chi connectivity index (χ0n) is 17.8. The van der Waals surface area contributed by atoms with Gasteiger partial charge in [-0.1, -0.05) is 13.2 Å². The van der Waals surface area contributed by atoms with Crippen molar-refractivity contribution in [3.63, 3.8) is 0 Å². The third kappa shape index (κ3) is 6.57. The normalized spacial score (nSPS) is 14.9. The summed E-state index contributed by atoms with van der Waals surface area (Å²) in [5.74, 6) is 2.05. The molecule has 0 aromatic carbocycles. The summed E-state index contributed by atoms with van der Waals surface area (Å²) in [5.41, 5.74) is 6.82. The Balaban J connectivity index is 0.00000106. The summed E-state index contributed by atoms with van der Waals surface area (Å²) in [6.07, 6.45) is 4.09. The number of nitrogens with one attached hydrogen (secondary N) is 1. The summed E-state index contributed by atoms with van der Waals surface area (Å²) in [6.45, 7) is 11.9. The van der Waals surface area contributed by atoms with Crippen LogP contribution in [0.15, 0.2) is 36.5 Å². The number of piperazine rings is 1. The first-order chi connectivity index (χ1) is 14.1. The van der Waals surface area contributed by atoms with Crippen LogP contribution < -0.4 is 16.0 Å². The molecule has 1 fully saturated rings. The molecule has 2 aliphatic rings. The third-order valence-electron chi connectivity index (χ3n) is 4.43. The molecule has 9 nitrogen and oxygen atoms in total. The Morgan fingerprint density at radius 2 is 2.03 bits per heavy atom. The molecule has 3 heterocycles. The van der Waals surface area contributed by atoms with E-state index in [1.807, 2.05) is 6.07 Å². The molecule has 30 heavy (non-hydrogen) atoms. The first-order valence-corrected chi connectivity index (χ1v) is 9.63. The van der Waals surface area contributed by atoms with E-state index in [0.717, 1.165) is 44.3 Å². The molecule has 0 unspecified atom stereocenters. The van der Waals surface area contributed by atoms with Crippen molar-refractivity contribution in [2.24, 2.45) is 10.7 Å². The standard InChI is InChI=1S/C18H25N7O.C2H6N.U/c1-3-14(20-4-2)24-8-10-25(11-9-24)15-12-13-16(18(26)22-13)17(23-15)21-7-5-6-19;1-3-2;/h3-4,12H,1-2,5-11,19H2,(H2,21,22,23,26);1-2H3;/q;-1;+2/p-1. The van der Waals surface area contributed by atoms with Crippen LogP contribution in [0.25, 0.3) is 10.6 Å². The smallest absolute Gasteiger partial charge is 0.668 e. The molecule has 1 saturated heterocycles. The topological polar surface area (TPSA) is 115 Å². The van der Waals surface area contributed by atoms with Crippen molar-refractivity contribution in [2.75, 3.05) is 63.6 Å². The van der Waals surface area contributed by atoms with Crippen molar-refractivity contribution in [3.8, 4) is 0 Å². The summed E-state index contributed by atoms with van der Waals surface area (Å²) >= 11 is 0. The van der Waals surface area contributed by atoms with Crippen molar-refractivity contribution in [1.82, 2.24) is 9.88 Å². The van der Waals surface area contributed by atoms with Crippen LogP contribution in [0, 0.1) is 31.1 Å². The molecule has 0 radical (unpaired) electrons. The predicted molar refractivity (Wildman–Crippen MR) is 121 cm³/mol. The van der Waals surface area contributed by atoms with E-state index in [1.165, 1.54) is 6.20 Å². The van der Waals surface area contributed by atoms with Crippen molar-refractivity contribution in [1.29, 1.82) is 0 Å². The maximum absolute atomic E-state index is 11.8. The van der Waals surface area contributed by atoms with E-state index in [2.05, 4.69) is 48.9 Å². The fourth-order valence-electron chi connectivity index (χ4n) is 3.05. The number of carbonyl (C=O) groups excluding carboxylic acids is 1. The molecular formula is C20H30N8OU. The Bertz CT molecular complexity index is 759. The number of pyridine rings is 1. The van der Waals surface area contributed by atoms with Gasteiger partial charge in [0.05, 0.1) is 5.91 Å². The molecule has 0 saturated carbocycles. The number of hydrogen-bond donors (Lipinski definition) is 2. The summed E-state index contributed by atoms with van der Waals surface area (Å²) < 4.78 is 0. The quantitative estimate of drug-likeness (QED) is 0.270. The maximum atomic E-state index is 11.8. The van der Waals surface area contributed by atoms with Crippen molar-refractivity contribution in [3.05, 3.63) is 47.7 Å². The fraction of sp³-hybridized carbons (Fsp3) is 0.450. The van der Waals surface area contributed by atoms with Gasteiger partial charge in [-0.3, -0.25) is 0 Å². The number of anilines is 2. The number of carbonyl (C=O) groups is 1. The van der Waals surface area contributed by atoms with Gasteiger partial charge in [0.2, 0.25) is 0 Å². The number of fused-ring (bicyclic) bond motifs is 1. The summed E-state index contributed by atoms with van der Waals surface area (Å²) in [6, 6.07) is 1.88. The van der Waals surface area contributed by atoms with E-state index >= 15 is 0 Å². The zero-order valence-corrected chi connectivity index (χ0v) is 21.9. The monoisotopic (exact) mass is 636 g/mol. The summed E-state index contributed by atoms with van der Waals surface area (Å²) in [5, 5.41) is 10.7. The second kappa shape index (κ2) is 13.4. The van der Waals surface area contributed by atoms with Gasteiger partial charge in [0.25, 0.3) is 0 Å². The number of rotatable bonds is 7. The molecule has 1 aromatic rings. The Morgan fingerprint density at radius 1 is 1.37 bits per heavy atom. The first kappa shape index (κ1) is 26.2. The molecule has 0 aliphatic carbocycles. The van der Waals surface area contributed by atoms with Crippen molar-refractivity contribution < 1.29 is 35.9 Å². The molecule has 0 spiro atoms. The van der Waals surface area contributed by atoms with Gasteiger partial charge in [0.1, 0.15) is 17.5 Å². The molecule has 2 aliphatic heterocycles. The second-order valence-corrected chi connectivity index (χ2v) is 6.50. The Labute approximate surface area is 202 Å². The van der Waals surface area contributed by atoms with Gasteiger partial charge >= 0.3 is 31.1 Å². The van der Waals surface area contributed by atoms with Crippen LogP contribution in [0.2, 0.25) is 0 Å². The minimum Gasteiger partial charge on any atom is -0.668 e.